The molecule has 0 aromatic carbocycles. The Labute approximate surface area is 116 Å². The first kappa shape index (κ1) is 14.0. The van der Waals surface area contributed by atoms with Crippen molar-refractivity contribution in [1.29, 1.82) is 0 Å². The summed E-state index contributed by atoms with van der Waals surface area (Å²) in [7, 11) is 1.24. The van der Waals surface area contributed by atoms with Gasteiger partial charge in [0.1, 0.15) is 0 Å². The first-order chi connectivity index (χ1) is 9.58. The molecule has 1 aliphatic carbocycles. The third-order valence-electron chi connectivity index (χ3n) is 3.03. The van der Waals surface area contributed by atoms with Crippen LogP contribution in [0.3, 0.4) is 0 Å². The second-order valence-electron chi connectivity index (χ2n) is 4.46. The number of pyridine rings is 1. The molecule has 0 N–H and O–H groups in total. The highest BCUT2D eigenvalue weighted by molar-refractivity contribution is 5.88. The summed E-state index contributed by atoms with van der Waals surface area (Å²) in [5.41, 5.74) is -0.0609. The van der Waals surface area contributed by atoms with Crippen molar-refractivity contribution in [3.63, 3.8) is 0 Å². The van der Waals surface area contributed by atoms with Crippen LogP contribution in [0.25, 0.3) is 0 Å². The average molecular weight is 277 g/mol. The van der Waals surface area contributed by atoms with E-state index < -0.39 is 10.9 Å². The molecule has 7 heteroatoms. The van der Waals surface area contributed by atoms with Crippen LogP contribution in [0.15, 0.2) is 24.8 Å². The van der Waals surface area contributed by atoms with Crippen molar-refractivity contribution >= 4 is 17.5 Å². The van der Waals surface area contributed by atoms with Gasteiger partial charge in [-0.2, -0.15) is 0 Å². The van der Waals surface area contributed by atoms with Gasteiger partial charge in [-0.1, -0.05) is 6.08 Å². The second kappa shape index (κ2) is 5.68. The molecule has 0 radical (unpaired) electrons. The topological polar surface area (TPSA) is 85.6 Å². The lowest BCUT2D eigenvalue weighted by molar-refractivity contribution is -0.384. The molecule has 1 saturated carbocycles. The standard InChI is InChI=1S/C13H15N3O4/c1-3-8-15(9-4-5-9)12-11(16(18)19)7-6-10(14-12)13(17)20-2/h3,6-7,9H,1,4-5,8H2,2H3. The van der Waals surface area contributed by atoms with Crippen LogP contribution in [0.2, 0.25) is 0 Å². The summed E-state index contributed by atoms with van der Waals surface area (Å²) in [4.78, 5) is 28.1. The Kier molecular flexibility index (Phi) is 3.97. The molecule has 1 heterocycles. The number of carbonyl (C=O) groups is 1. The minimum Gasteiger partial charge on any atom is -0.464 e. The van der Waals surface area contributed by atoms with Gasteiger partial charge in [0.2, 0.25) is 5.82 Å². The first-order valence-electron chi connectivity index (χ1n) is 6.19. The number of hydrogen-bond donors (Lipinski definition) is 0. The quantitative estimate of drug-likeness (QED) is 0.342. The number of esters is 1. The van der Waals surface area contributed by atoms with Gasteiger partial charge in [0.15, 0.2) is 5.69 Å². The molecular weight excluding hydrogens is 262 g/mol. The van der Waals surface area contributed by atoms with Crippen LogP contribution in [0, 0.1) is 10.1 Å². The number of rotatable bonds is 6. The Morgan fingerprint density at radius 2 is 2.35 bits per heavy atom. The molecular formula is C13H15N3O4. The summed E-state index contributed by atoms with van der Waals surface area (Å²) in [5, 5.41) is 11.1. The third kappa shape index (κ3) is 2.76. The fourth-order valence-electron chi connectivity index (χ4n) is 1.95. The second-order valence-corrected chi connectivity index (χ2v) is 4.46. The number of methoxy groups -OCH3 is 1. The minimum atomic E-state index is -0.615. The molecule has 1 aromatic heterocycles. The molecule has 0 aliphatic heterocycles. The van der Waals surface area contributed by atoms with Crippen LogP contribution in [-0.4, -0.2) is 35.6 Å². The lowest BCUT2D eigenvalue weighted by Gasteiger charge is -2.21. The van der Waals surface area contributed by atoms with Crippen LogP contribution in [0.1, 0.15) is 23.3 Å². The van der Waals surface area contributed by atoms with E-state index in [-0.39, 0.29) is 23.2 Å². The number of hydrogen-bond acceptors (Lipinski definition) is 6. The van der Waals surface area contributed by atoms with E-state index >= 15 is 0 Å². The summed E-state index contributed by atoms with van der Waals surface area (Å²) < 4.78 is 4.60. The molecule has 0 spiro atoms. The van der Waals surface area contributed by atoms with Crippen molar-refractivity contribution < 1.29 is 14.5 Å². The monoisotopic (exact) mass is 277 g/mol. The molecule has 0 unspecified atom stereocenters. The Hall–Kier alpha value is -2.44. The van der Waals surface area contributed by atoms with E-state index in [2.05, 4.69) is 16.3 Å². The molecule has 106 valence electrons. The summed E-state index contributed by atoms with van der Waals surface area (Å²) in [6.45, 7) is 4.10. The van der Waals surface area contributed by atoms with E-state index in [1.165, 1.54) is 19.2 Å². The average Bonchev–Trinajstić information content (AvgIpc) is 3.27. The van der Waals surface area contributed by atoms with Crippen molar-refractivity contribution in [3.8, 4) is 0 Å². The van der Waals surface area contributed by atoms with Gasteiger partial charge >= 0.3 is 11.7 Å². The Bertz CT molecular complexity index is 555. The number of ether oxygens (including phenoxy) is 1. The molecule has 1 aromatic rings. The van der Waals surface area contributed by atoms with Crippen LogP contribution >= 0.6 is 0 Å². The van der Waals surface area contributed by atoms with Crippen LogP contribution < -0.4 is 4.90 Å². The lowest BCUT2D eigenvalue weighted by Crippen LogP contribution is -2.28. The smallest absolute Gasteiger partial charge is 0.356 e. The van der Waals surface area contributed by atoms with Gasteiger partial charge in [-0.15, -0.1) is 6.58 Å². The Morgan fingerprint density at radius 3 is 2.85 bits per heavy atom. The van der Waals surface area contributed by atoms with Crippen molar-refractivity contribution in [2.45, 2.75) is 18.9 Å². The van der Waals surface area contributed by atoms with E-state index in [0.29, 0.717) is 6.54 Å². The number of aromatic nitrogens is 1. The SMILES string of the molecule is C=CCN(c1nc(C(=O)OC)ccc1[N+](=O)[O-])C1CC1. The maximum atomic E-state index is 11.5. The normalized spacial score (nSPS) is 13.7. The van der Waals surface area contributed by atoms with Gasteiger partial charge in [0.05, 0.1) is 12.0 Å². The van der Waals surface area contributed by atoms with Gasteiger partial charge in [-0.05, 0) is 18.9 Å². The first-order valence-corrected chi connectivity index (χ1v) is 6.19. The zero-order valence-electron chi connectivity index (χ0n) is 11.1. The highest BCUT2D eigenvalue weighted by Crippen LogP contribution is 2.35. The van der Waals surface area contributed by atoms with E-state index in [9.17, 15) is 14.9 Å². The Morgan fingerprint density at radius 1 is 1.65 bits per heavy atom. The maximum absolute atomic E-state index is 11.5. The molecule has 7 nitrogen and oxygen atoms in total. The molecule has 20 heavy (non-hydrogen) atoms. The summed E-state index contributed by atoms with van der Waals surface area (Å²) in [5.74, 6) is -0.421. The molecule has 1 fully saturated rings. The van der Waals surface area contributed by atoms with Crippen molar-refractivity contribution in [3.05, 3.63) is 40.6 Å². The summed E-state index contributed by atoms with van der Waals surface area (Å²) in [6.07, 6.45) is 3.57. The zero-order chi connectivity index (χ0) is 14.7. The van der Waals surface area contributed by atoms with Gasteiger partial charge in [0, 0.05) is 18.7 Å². The number of carbonyl (C=O) groups excluding carboxylic acids is 1. The number of nitrogens with zero attached hydrogens (tertiary/aromatic N) is 3. The largest absolute Gasteiger partial charge is 0.464 e. The summed E-state index contributed by atoms with van der Waals surface area (Å²) in [6, 6.07) is 2.80. The molecule has 1 aliphatic rings. The molecule has 0 bridgehead atoms. The van der Waals surface area contributed by atoms with Gasteiger partial charge in [-0.25, -0.2) is 9.78 Å². The number of anilines is 1. The minimum absolute atomic E-state index is 0.0582. The predicted octanol–water partition coefficient (Wildman–Crippen LogP) is 1.93. The van der Waals surface area contributed by atoms with Crippen LogP contribution in [-0.2, 0) is 4.74 Å². The van der Waals surface area contributed by atoms with E-state index in [1.54, 1.807) is 11.0 Å². The van der Waals surface area contributed by atoms with E-state index in [0.717, 1.165) is 12.8 Å². The zero-order valence-corrected chi connectivity index (χ0v) is 11.1. The highest BCUT2D eigenvalue weighted by Gasteiger charge is 2.34. The highest BCUT2D eigenvalue weighted by atomic mass is 16.6. The van der Waals surface area contributed by atoms with Crippen molar-refractivity contribution in [1.82, 2.24) is 4.98 Å². The predicted molar refractivity (Wildman–Crippen MR) is 72.8 cm³/mol. The molecule has 0 atom stereocenters. The molecule has 0 saturated heterocycles. The van der Waals surface area contributed by atoms with E-state index in [4.69, 9.17) is 0 Å². The third-order valence-corrected chi connectivity index (χ3v) is 3.03. The fraction of sp³-hybridized carbons (Fsp3) is 0.385. The lowest BCUT2D eigenvalue weighted by atomic mass is 10.3. The van der Waals surface area contributed by atoms with Crippen LogP contribution in [0.5, 0.6) is 0 Å². The van der Waals surface area contributed by atoms with E-state index in [1.807, 2.05) is 0 Å². The van der Waals surface area contributed by atoms with Crippen molar-refractivity contribution in [2.75, 3.05) is 18.6 Å². The van der Waals surface area contributed by atoms with Crippen LogP contribution in [0.4, 0.5) is 11.5 Å². The van der Waals surface area contributed by atoms with Gasteiger partial charge in [0.25, 0.3) is 0 Å². The van der Waals surface area contributed by atoms with Gasteiger partial charge in [-0.3, -0.25) is 10.1 Å². The van der Waals surface area contributed by atoms with Gasteiger partial charge < -0.3 is 9.64 Å². The maximum Gasteiger partial charge on any atom is 0.356 e. The number of nitro groups is 1. The summed E-state index contributed by atoms with van der Waals surface area (Å²) >= 11 is 0. The van der Waals surface area contributed by atoms with Crippen molar-refractivity contribution in [2.24, 2.45) is 0 Å². The molecule has 0 amide bonds. The Balaban J connectivity index is 2.47. The molecule has 2 rings (SSSR count). The fourth-order valence-corrected chi connectivity index (χ4v) is 1.95.